The molecule has 0 amide bonds. The first-order valence-electron chi connectivity index (χ1n) is 6.47. The minimum Gasteiger partial charge on any atom is -0.493 e. The number of rotatable bonds is 6. The summed E-state index contributed by atoms with van der Waals surface area (Å²) in [5.41, 5.74) is 3.75. The summed E-state index contributed by atoms with van der Waals surface area (Å²) in [4.78, 5) is 2.34. The number of hydrogen-bond acceptors (Lipinski definition) is 6. The highest BCUT2D eigenvalue weighted by molar-refractivity contribution is 7.12. The topological polar surface area (TPSA) is 65.7 Å². The molecule has 0 aliphatic carbocycles. The van der Waals surface area contributed by atoms with E-state index < -0.39 is 0 Å². The summed E-state index contributed by atoms with van der Waals surface area (Å²) in [5, 5.41) is 0. The molecule has 0 saturated carbocycles. The third-order valence-corrected chi connectivity index (χ3v) is 4.32. The molecule has 1 aromatic carbocycles. The third kappa shape index (κ3) is 2.97. The number of hydrogen-bond donors (Lipinski definition) is 2. The summed E-state index contributed by atoms with van der Waals surface area (Å²) in [6.07, 6.45) is 0. The Kier molecular flexibility index (Phi) is 5.06. The van der Waals surface area contributed by atoms with Crippen molar-refractivity contribution in [1.29, 1.82) is 0 Å². The van der Waals surface area contributed by atoms with Crippen LogP contribution < -0.4 is 25.5 Å². The van der Waals surface area contributed by atoms with Gasteiger partial charge in [-0.1, -0.05) is 0 Å². The minimum absolute atomic E-state index is 0.168. The Hall–Kier alpha value is -1.76. The molecule has 114 valence electrons. The van der Waals surface area contributed by atoms with E-state index in [-0.39, 0.29) is 6.04 Å². The molecule has 1 heterocycles. The molecule has 0 fully saturated rings. The summed E-state index contributed by atoms with van der Waals surface area (Å²) >= 11 is 1.69. The van der Waals surface area contributed by atoms with Gasteiger partial charge in [0.2, 0.25) is 5.75 Å². The lowest BCUT2D eigenvalue weighted by Crippen LogP contribution is -2.28. The van der Waals surface area contributed by atoms with Crippen molar-refractivity contribution < 1.29 is 14.2 Å². The molecule has 2 rings (SSSR count). The number of aryl methyl sites for hydroxylation is 1. The van der Waals surface area contributed by atoms with Gasteiger partial charge < -0.3 is 14.2 Å². The fourth-order valence-electron chi connectivity index (χ4n) is 2.29. The highest BCUT2D eigenvalue weighted by Gasteiger charge is 2.23. The normalized spacial score (nSPS) is 12.0. The van der Waals surface area contributed by atoms with E-state index in [9.17, 15) is 0 Å². The Morgan fingerprint density at radius 3 is 2.19 bits per heavy atom. The molecule has 1 unspecified atom stereocenters. The van der Waals surface area contributed by atoms with Crippen LogP contribution in [0.2, 0.25) is 0 Å². The number of thiophene rings is 1. The Morgan fingerprint density at radius 1 is 1.00 bits per heavy atom. The van der Waals surface area contributed by atoms with Crippen molar-refractivity contribution in [2.75, 3.05) is 21.3 Å². The Bertz CT molecular complexity index is 613. The fourth-order valence-corrected chi connectivity index (χ4v) is 3.24. The van der Waals surface area contributed by atoms with Gasteiger partial charge in [-0.2, -0.15) is 0 Å². The van der Waals surface area contributed by atoms with Crippen LogP contribution in [0, 0.1) is 6.92 Å². The number of ether oxygens (including phenoxy) is 3. The number of benzene rings is 1. The predicted molar refractivity (Wildman–Crippen MR) is 84.3 cm³/mol. The number of nitrogens with one attached hydrogen (secondary N) is 1. The van der Waals surface area contributed by atoms with Gasteiger partial charge >= 0.3 is 0 Å². The average Bonchev–Trinajstić information content (AvgIpc) is 2.93. The summed E-state index contributed by atoms with van der Waals surface area (Å²) in [5.74, 6) is 7.56. The third-order valence-electron chi connectivity index (χ3n) is 3.26. The highest BCUT2D eigenvalue weighted by atomic mass is 32.1. The average molecular weight is 308 g/mol. The minimum atomic E-state index is -0.168. The van der Waals surface area contributed by atoms with Crippen LogP contribution in [0.15, 0.2) is 24.3 Å². The lowest BCUT2D eigenvalue weighted by atomic mass is 10.0. The highest BCUT2D eigenvalue weighted by Crippen LogP contribution is 2.44. The maximum atomic E-state index is 5.76. The quantitative estimate of drug-likeness (QED) is 0.634. The Balaban J connectivity index is 2.55. The summed E-state index contributed by atoms with van der Waals surface area (Å²) in [6.45, 7) is 2.06. The van der Waals surface area contributed by atoms with Crippen molar-refractivity contribution in [3.8, 4) is 17.2 Å². The van der Waals surface area contributed by atoms with E-state index in [1.54, 1.807) is 32.7 Å². The van der Waals surface area contributed by atoms with Crippen LogP contribution in [0.4, 0.5) is 0 Å². The van der Waals surface area contributed by atoms with Crippen molar-refractivity contribution in [2.24, 2.45) is 5.84 Å². The van der Waals surface area contributed by atoms with Crippen LogP contribution in [0.25, 0.3) is 0 Å². The number of nitrogens with two attached hydrogens (primary N) is 1. The van der Waals surface area contributed by atoms with Gasteiger partial charge in [-0.05, 0) is 31.2 Å². The van der Waals surface area contributed by atoms with E-state index in [2.05, 4.69) is 24.5 Å². The molecule has 1 atom stereocenters. The molecule has 21 heavy (non-hydrogen) atoms. The molecule has 0 aliphatic heterocycles. The van der Waals surface area contributed by atoms with Gasteiger partial charge in [-0.15, -0.1) is 11.3 Å². The second kappa shape index (κ2) is 6.80. The van der Waals surface area contributed by atoms with Gasteiger partial charge in [0, 0.05) is 15.3 Å². The number of hydrazine groups is 1. The first kappa shape index (κ1) is 15.6. The van der Waals surface area contributed by atoms with Crippen LogP contribution in [0.1, 0.15) is 21.4 Å². The summed E-state index contributed by atoms with van der Waals surface area (Å²) in [6, 6.07) is 7.73. The first-order chi connectivity index (χ1) is 10.2. The molecule has 1 aromatic heterocycles. The molecule has 2 aromatic rings. The van der Waals surface area contributed by atoms with Crippen LogP contribution >= 0.6 is 11.3 Å². The fraction of sp³-hybridized carbons (Fsp3) is 0.333. The standard InChI is InChI=1S/C15H20N2O3S/c1-9-5-8-12(21-9)13(17-16)10-6-7-11(18-2)15(20-4)14(10)19-3/h5-8,13,17H,16H2,1-4H3. The van der Waals surface area contributed by atoms with Crippen molar-refractivity contribution in [1.82, 2.24) is 5.43 Å². The van der Waals surface area contributed by atoms with Gasteiger partial charge in [0.15, 0.2) is 11.5 Å². The molecule has 3 N–H and O–H groups in total. The predicted octanol–water partition coefficient (Wildman–Crippen LogP) is 2.64. The first-order valence-corrected chi connectivity index (χ1v) is 7.29. The lowest BCUT2D eigenvalue weighted by molar-refractivity contribution is 0.320. The smallest absolute Gasteiger partial charge is 0.203 e. The number of methoxy groups -OCH3 is 3. The molecule has 0 spiro atoms. The molecule has 6 heteroatoms. The monoisotopic (exact) mass is 308 g/mol. The van der Waals surface area contributed by atoms with Crippen LogP contribution in [-0.2, 0) is 0 Å². The molecular weight excluding hydrogens is 288 g/mol. The second-order valence-electron chi connectivity index (χ2n) is 4.47. The maximum Gasteiger partial charge on any atom is 0.203 e. The van der Waals surface area contributed by atoms with E-state index in [1.165, 1.54) is 4.88 Å². The van der Waals surface area contributed by atoms with Crippen molar-refractivity contribution >= 4 is 11.3 Å². The van der Waals surface area contributed by atoms with E-state index in [0.717, 1.165) is 10.4 Å². The van der Waals surface area contributed by atoms with Crippen LogP contribution in [0.3, 0.4) is 0 Å². The van der Waals surface area contributed by atoms with Crippen LogP contribution in [0.5, 0.6) is 17.2 Å². The van der Waals surface area contributed by atoms with Crippen LogP contribution in [-0.4, -0.2) is 21.3 Å². The summed E-state index contributed by atoms with van der Waals surface area (Å²) in [7, 11) is 4.79. The molecule has 0 radical (unpaired) electrons. The zero-order valence-electron chi connectivity index (χ0n) is 12.6. The zero-order valence-corrected chi connectivity index (χ0v) is 13.4. The molecule has 0 bridgehead atoms. The van der Waals surface area contributed by atoms with Gasteiger partial charge in [0.25, 0.3) is 0 Å². The van der Waals surface area contributed by atoms with Crippen molar-refractivity contribution in [3.05, 3.63) is 39.6 Å². The second-order valence-corrected chi connectivity index (χ2v) is 5.79. The molecule has 0 aliphatic rings. The van der Waals surface area contributed by atoms with Gasteiger partial charge in [0.1, 0.15) is 0 Å². The van der Waals surface area contributed by atoms with Gasteiger partial charge in [0.05, 0.1) is 27.4 Å². The SMILES string of the molecule is COc1ccc(C(NN)c2ccc(C)s2)c(OC)c1OC. The molecule has 5 nitrogen and oxygen atoms in total. The largest absolute Gasteiger partial charge is 0.493 e. The van der Waals surface area contributed by atoms with Gasteiger partial charge in [-0.25, -0.2) is 5.43 Å². The van der Waals surface area contributed by atoms with E-state index in [0.29, 0.717) is 17.2 Å². The van der Waals surface area contributed by atoms with E-state index >= 15 is 0 Å². The molecule has 0 saturated heterocycles. The zero-order chi connectivity index (χ0) is 15.4. The maximum absolute atomic E-state index is 5.76. The van der Waals surface area contributed by atoms with E-state index in [1.807, 2.05) is 12.1 Å². The lowest BCUT2D eigenvalue weighted by Gasteiger charge is -2.21. The Labute approximate surface area is 128 Å². The Morgan fingerprint density at radius 2 is 1.71 bits per heavy atom. The van der Waals surface area contributed by atoms with Gasteiger partial charge in [-0.3, -0.25) is 5.84 Å². The van der Waals surface area contributed by atoms with Crippen molar-refractivity contribution in [3.63, 3.8) is 0 Å². The van der Waals surface area contributed by atoms with E-state index in [4.69, 9.17) is 20.1 Å². The molecular formula is C15H20N2O3S. The summed E-state index contributed by atoms with van der Waals surface area (Å²) < 4.78 is 16.2. The van der Waals surface area contributed by atoms with Crippen molar-refractivity contribution in [2.45, 2.75) is 13.0 Å².